The first kappa shape index (κ1) is 23.8. The molecule has 0 aromatic carbocycles. The third-order valence-electron chi connectivity index (χ3n) is 2.93. The van der Waals surface area contributed by atoms with Gasteiger partial charge < -0.3 is 19.8 Å². The average Bonchev–Trinajstić information content (AvgIpc) is 2.52. The van der Waals surface area contributed by atoms with Crippen molar-refractivity contribution in [2.75, 3.05) is 0 Å². The molecule has 2 rings (SSSR count). The molecule has 2 aliphatic carbocycles. The van der Waals surface area contributed by atoms with Crippen LogP contribution in [0.15, 0.2) is 3.34 Å². The largest absolute Gasteiger partial charge is 0.344 e. The molecular weight excluding hydrogens is 423 g/mol. The summed E-state index contributed by atoms with van der Waals surface area (Å²) in [5.41, 5.74) is 0.216. The molecule has 2 aliphatic rings. The van der Waals surface area contributed by atoms with Crippen LogP contribution in [0.2, 0.25) is 0 Å². The van der Waals surface area contributed by atoms with Gasteiger partial charge in [-0.1, -0.05) is 45.4 Å². The first-order valence-corrected chi connectivity index (χ1v) is 10.2. The summed E-state index contributed by atoms with van der Waals surface area (Å²) in [7, 11) is 0. The summed E-state index contributed by atoms with van der Waals surface area (Å²) in [6, 6.07) is 0. The van der Waals surface area contributed by atoms with Crippen molar-refractivity contribution in [3.05, 3.63) is 19.8 Å². The summed E-state index contributed by atoms with van der Waals surface area (Å²) < 4.78 is 4.13. The van der Waals surface area contributed by atoms with E-state index in [2.05, 4.69) is 43.9 Å². The Kier molecular flexibility index (Phi) is 21.1. The Balaban J connectivity index is 0. The average molecular weight is 461 g/mol. The smallest absolute Gasteiger partial charge is 0.0582 e. The van der Waals surface area contributed by atoms with Crippen molar-refractivity contribution in [2.45, 2.75) is 104 Å². The van der Waals surface area contributed by atoms with Crippen molar-refractivity contribution in [3.8, 4) is 0 Å². The Morgan fingerprint density at radius 3 is 1.14 bits per heavy atom. The van der Waals surface area contributed by atoms with E-state index < -0.39 is 0 Å². The molecule has 0 amide bonds. The van der Waals surface area contributed by atoms with E-state index in [0.29, 0.717) is 0 Å². The Labute approximate surface area is 147 Å². The van der Waals surface area contributed by atoms with E-state index in [0.717, 1.165) is 27.3 Å². The van der Waals surface area contributed by atoms with Crippen molar-refractivity contribution >= 4 is 0 Å². The molecule has 2 heteroatoms. The molecule has 0 saturated heterocycles. The Hall–Kier alpha value is 0.540. The van der Waals surface area contributed by atoms with E-state index in [-0.39, 0.29) is 5.54 Å². The standard InChI is InChI=1S/2C6H11.C4H9N.C3H7.Ta/c2*1-2-4-6-5-3-1;1-4(2,3)5;1-3-2;/h2*1H,2-6H2;1-3H3;1,3H2,2H3;/q2*-1;;-1;. The molecule has 0 aromatic heterocycles. The van der Waals surface area contributed by atoms with Gasteiger partial charge in [-0.25, -0.2) is 0 Å². The van der Waals surface area contributed by atoms with Crippen LogP contribution in [0, 0.1) is 19.8 Å². The van der Waals surface area contributed by atoms with E-state index in [1.54, 1.807) is 0 Å². The van der Waals surface area contributed by atoms with E-state index in [1.807, 2.05) is 6.92 Å². The van der Waals surface area contributed by atoms with E-state index in [1.165, 1.54) is 64.2 Å². The van der Waals surface area contributed by atoms with Gasteiger partial charge in [0, 0.05) is 0 Å². The second-order valence-corrected chi connectivity index (χ2v) is 7.34. The minimum Gasteiger partial charge on any atom is -0.344 e. The van der Waals surface area contributed by atoms with Crippen LogP contribution in [0.25, 0.3) is 0 Å². The van der Waals surface area contributed by atoms with Gasteiger partial charge in [-0.2, -0.15) is 32.1 Å². The SMILES string of the molecule is CC(C)(C)[N]=[Ta].[CH-]1CCCCC1.[CH-]1CCCCC1.[CH2-]CC. The normalized spacial score (nSPS) is 17.7. The van der Waals surface area contributed by atoms with Crippen LogP contribution in [0.4, 0.5) is 0 Å². The van der Waals surface area contributed by atoms with Gasteiger partial charge in [0.2, 0.25) is 0 Å². The van der Waals surface area contributed by atoms with E-state index in [9.17, 15) is 0 Å². The third-order valence-corrected chi connectivity index (χ3v) is 5.09. The molecule has 0 aliphatic heterocycles. The maximum absolute atomic E-state index is 4.13. The molecule has 0 bridgehead atoms. The van der Waals surface area contributed by atoms with E-state index >= 15 is 0 Å². The molecule has 21 heavy (non-hydrogen) atoms. The molecular formula is C19H38NTa-3. The van der Waals surface area contributed by atoms with Gasteiger partial charge in [-0.15, -0.1) is 0 Å². The molecule has 0 unspecified atom stereocenters. The van der Waals surface area contributed by atoms with Crippen molar-refractivity contribution < 1.29 is 20.9 Å². The summed E-state index contributed by atoms with van der Waals surface area (Å²) in [6.07, 6.45) is 20.0. The molecule has 0 spiro atoms. The Morgan fingerprint density at radius 1 is 0.857 bits per heavy atom. The van der Waals surface area contributed by atoms with Crippen LogP contribution in [-0.4, -0.2) is 5.54 Å². The third kappa shape index (κ3) is 29.2. The minimum absolute atomic E-state index is 0.216. The van der Waals surface area contributed by atoms with Crippen LogP contribution < -0.4 is 0 Å². The minimum atomic E-state index is 0.216. The van der Waals surface area contributed by atoms with Crippen LogP contribution in [-0.2, 0) is 20.9 Å². The summed E-state index contributed by atoms with van der Waals surface area (Å²) in [6.45, 7) is 11.8. The maximum Gasteiger partial charge on any atom is -0.0582 e. The van der Waals surface area contributed by atoms with Gasteiger partial charge in [0.25, 0.3) is 0 Å². The quantitative estimate of drug-likeness (QED) is 0.343. The second kappa shape index (κ2) is 18.6. The summed E-state index contributed by atoms with van der Waals surface area (Å²) in [5, 5.41) is 0. The van der Waals surface area contributed by atoms with Gasteiger partial charge in [0.15, 0.2) is 0 Å². The van der Waals surface area contributed by atoms with Gasteiger partial charge in [-0.05, 0) is 0 Å². The van der Waals surface area contributed by atoms with Gasteiger partial charge in [0.05, 0.1) is 0 Å². The van der Waals surface area contributed by atoms with Crippen molar-refractivity contribution in [2.24, 2.45) is 3.34 Å². The number of hydrogen-bond donors (Lipinski definition) is 0. The molecule has 0 atom stereocenters. The van der Waals surface area contributed by atoms with Crippen molar-refractivity contribution in [1.29, 1.82) is 0 Å². The first-order valence-electron chi connectivity index (χ1n) is 8.76. The van der Waals surface area contributed by atoms with Gasteiger partial charge in [0.1, 0.15) is 0 Å². The van der Waals surface area contributed by atoms with Crippen LogP contribution in [0.1, 0.15) is 98.3 Å². The molecule has 2 fully saturated rings. The van der Waals surface area contributed by atoms with Crippen LogP contribution >= 0.6 is 0 Å². The monoisotopic (exact) mass is 461 g/mol. The molecule has 0 heterocycles. The first-order chi connectivity index (χ1) is 9.97. The fourth-order valence-electron chi connectivity index (χ4n) is 1.80. The maximum atomic E-state index is 4.13. The fourth-order valence-corrected chi connectivity index (χ4v) is 1.80. The van der Waals surface area contributed by atoms with Gasteiger partial charge in [-0.3, -0.25) is 0 Å². The van der Waals surface area contributed by atoms with Crippen LogP contribution in [0.5, 0.6) is 0 Å². The predicted molar refractivity (Wildman–Crippen MR) is 92.6 cm³/mol. The van der Waals surface area contributed by atoms with Crippen molar-refractivity contribution in [3.63, 3.8) is 0 Å². The van der Waals surface area contributed by atoms with Crippen LogP contribution in [0.3, 0.4) is 0 Å². The topological polar surface area (TPSA) is 12.4 Å². The molecule has 1 nitrogen and oxygen atoms in total. The van der Waals surface area contributed by atoms with E-state index in [4.69, 9.17) is 0 Å². The fraction of sp³-hybridized carbons (Fsp3) is 0.842. The second-order valence-electron chi connectivity index (χ2n) is 6.62. The number of hydrogen-bond acceptors (Lipinski definition) is 1. The van der Waals surface area contributed by atoms with Crippen molar-refractivity contribution in [1.82, 2.24) is 0 Å². The molecule has 0 N–H and O–H groups in total. The Morgan fingerprint density at radius 2 is 1.10 bits per heavy atom. The molecule has 127 valence electrons. The zero-order chi connectivity index (χ0) is 16.4. The predicted octanol–water partition coefficient (Wildman–Crippen LogP) is 7.06. The molecule has 0 aromatic rings. The summed E-state index contributed by atoms with van der Waals surface area (Å²) in [5.74, 6) is 0. The zero-order valence-electron chi connectivity index (χ0n) is 15.0. The van der Waals surface area contributed by atoms with Gasteiger partial charge >= 0.3 is 50.5 Å². The summed E-state index contributed by atoms with van der Waals surface area (Å²) >= 11 is 1.15. The number of nitrogens with zero attached hydrogens (tertiary/aromatic N) is 1. The Bertz CT molecular complexity index is 153. The number of rotatable bonds is 0. The molecule has 2 saturated carbocycles. The zero-order valence-corrected chi connectivity index (χ0v) is 18.2. The molecule has 0 radical (unpaired) electrons. The summed E-state index contributed by atoms with van der Waals surface area (Å²) in [4.78, 5) is 0.